The van der Waals surface area contributed by atoms with Crippen LogP contribution in [-0.2, 0) is 13.0 Å². The number of nitrogens with two attached hydrogens (primary N) is 1. The van der Waals surface area contributed by atoms with Crippen molar-refractivity contribution in [3.05, 3.63) is 71.9 Å². The summed E-state index contributed by atoms with van der Waals surface area (Å²) in [7, 11) is 0. The van der Waals surface area contributed by atoms with Crippen LogP contribution >= 0.6 is 0 Å². The molecule has 1 aliphatic rings. The van der Waals surface area contributed by atoms with Gasteiger partial charge in [0.15, 0.2) is 0 Å². The van der Waals surface area contributed by atoms with Gasteiger partial charge in [0.25, 0.3) is 0 Å². The van der Waals surface area contributed by atoms with Gasteiger partial charge in [0, 0.05) is 18.1 Å². The summed E-state index contributed by atoms with van der Waals surface area (Å²) in [4.78, 5) is 3.99. The van der Waals surface area contributed by atoms with Crippen molar-refractivity contribution in [3.8, 4) is 0 Å². The van der Waals surface area contributed by atoms with Crippen LogP contribution in [-0.4, -0.2) is 11.5 Å². The Labute approximate surface area is 124 Å². The highest BCUT2D eigenvalue weighted by molar-refractivity contribution is 5.90. The van der Waals surface area contributed by atoms with E-state index in [4.69, 9.17) is 5.73 Å². The van der Waals surface area contributed by atoms with Gasteiger partial charge in [0.1, 0.15) is 5.82 Å². The van der Waals surface area contributed by atoms with Crippen molar-refractivity contribution < 1.29 is 0 Å². The van der Waals surface area contributed by atoms with E-state index in [9.17, 15) is 0 Å². The van der Waals surface area contributed by atoms with Gasteiger partial charge in [-0.05, 0) is 35.5 Å². The number of hydrogen-bond donors (Lipinski definition) is 2. The largest absolute Gasteiger partial charge is 0.383 e. The minimum atomic E-state index is 0.600. The molecule has 3 heteroatoms. The number of hydrogen-bond acceptors (Lipinski definition) is 3. The molecule has 1 aromatic heterocycles. The normalized spacial score (nSPS) is 13.1. The molecule has 4 rings (SSSR count). The molecular weight excluding hydrogens is 258 g/mol. The molecule has 0 fully saturated rings. The zero-order valence-corrected chi connectivity index (χ0v) is 11.9. The van der Waals surface area contributed by atoms with E-state index >= 15 is 0 Å². The quantitative estimate of drug-likeness (QED) is 0.663. The highest BCUT2D eigenvalue weighted by Crippen LogP contribution is 2.16. The van der Waals surface area contributed by atoms with Gasteiger partial charge in [-0.15, -0.1) is 0 Å². The van der Waals surface area contributed by atoms with E-state index in [0.717, 1.165) is 23.9 Å². The van der Waals surface area contributed by atoms with Crippen molar-refractivity contribution in [2.45, 2.75) is 13.0 Å². The first-order chi connectivity index (χ1) is 10.3. The SMILES string of the molecule is Nc1nccc2ccccc12.c1ccc2c(c1)CCNC2. The Bertz CT molecular complexity index is 707. The van der Waals surface area contributed by atoms with Crippen LogP contribution in [0.4, 0.5) is 5.82 Å². The predicted molar refractivity (Wildman–Crippen MR) is 88.0 cm³/mol. The van der Waals surface area contributed by atoms with Gasteiger partial charge in [0.05, 0.1) is 0 Å². The summed E-state index contributed by atoms with van der Waals surface area (Å²) in [5.41, 5.74) is 8.63. The average molecular weight is 277 g/mol. The van der Waals surface area contributed by atoms with Crippen molar-refractivity contribution in [2.75, 3.05) is 12.3 Å². The van der Waals surface area contributed by atoms with Gasteiger partial charge < -0.3 is 11.1 Å². The average Bonchev–Trinajstić information content (AvgIpc) is 2.56. The molecular formula is C18H19N3. The first-order valence-corrected chi connectivity index (χ1v) is 7.21. The molecule has 0 spiro atoms. The van der Waals surface area contributed by atoms with Crippen LogP contribution < -0.4 is 11.1 Å². The summed E-state index contributed by atoms with van der Waals surface area (Å²) in [5.74, 6) is 0.600. The maximum absolute atomic E-state index is 5.65. The number of fused-ring (bicyclic) bond motifs is 2. The van der Waals surface area contributed by atoms with Crippen LogP contribution in [0.3, 0.4) is 0 Å². The Morgan fingerprint density at radius 1 is 0.905 bits per heavy atom. The number of nitrogen functional groups attached to an aromatic ring is 1. The van der Waals surface area contributed by atoms with Gasteiger partial charge in [-0.1, -0.05) is 48.5 Å². The molecule has 21 heavy (non-hydrogen) atoms. The first-order valence-electron chi connectivity index (χ1n) is 7.21. The minimum absolute atomic E-state index is 0.600. The maximum atomic E-state index is 5.65. The number of benzene rings is 2. The lowest BCUT2D eigenvalue weighted by Gasteiger charge is -2.15. The summed E-state index contributed by atoms with van der Waals surface area (Å²) in [6.07, 6.45) is 2.91. The summed E-state index contributed by atoms with van der Waals surface area (Å²) >= 11 is 0. The number of nitrogens with zero attached hydrogens (tertiary/aromatic N) is 1. The first kappa shape index (κ1) is 13.6. The molecule has 106 valence electrons. The molecule has 0 atom stereocenters. The van der Waals surface area contributed by atoms with Crippen LogP contribution in [0.15, 0.2) is 60.8 Å². The lowest BCUT2D eigenvalue weighted by Crippen LogP contribution is -2.23. The number of anilines is 1. The fourth-order valence-corrected chi connectivity index (χ4v) is 2.56. The molecule has 3 N–H and O–H groups in total. The summed E-state index contributed by atoms with van der Waals surface area (Å²) in [6, 6.07) is 18.5. The van der Waals surface area contributed by atoms with E-state index in [1.54, 1.807) is 6.20 Å². The second-order valence-electron chi connectivity index (χ2n) is 5.11. The van der Waals surface area contributed by atoms with Crippen molar-refractivity contribution in [3.63, 3.8) is 0 Å². The molecule has 0 saturated carbocycles. The third kappa shape index (κ3) is 3.20. The van der Waals surface area contributed by atoms with Gasteiger partial charge in [-0.3, -0.25) is 0 Å². The molecule has 2 heterocycles. The van der Waals surface area contributed by atoms with E-state index in [0.29, 0.717) is 5.82 Å². The van der Waals surface area contributed by atoms with Gasteiger partial charge in [0.2, 0.25) is 0 Å². The molecule has 0 amide bonds. The highest BCUT2D eigenvalue weighted by atomic mass is 14.9. The van der Waals surface area contributed by atoms with Crippen LogP contribution in [0, 0.1) is 0 Å². The molecule has 1 aliphatic heterocycles. The number of rotatable bonds is 0. The number of nitrogens with one attached hydrogen (secondary N) is 1. The number of aromatic nitrogens is 1. The topological polar surface area (TPSA) is 50.9 Å². The molecule has 0 saturated heterocycles. The van der Waals surface area contributed by atoms with E-state index in [-0.39, 0.29) is 0 Å². The fraction of sp³-hybridized carbons (Fsp3) is 0.167. The molecule has 0 aliphatic carbocycles. The second kappa shape index (κ2) is 6.37. The molecule has 0 radical (unpaired) electrons. The minimum Gasteiger partial charge on any atom is -0.383 e. The molecule has 0 bridgehead atoms. The van der Waals surface area contributed by atoms with Crippen LogP contribution in [0.2, 0.25) is 0 Å². The Balaban J connectivity index is 0.000000126. The van der Waals surface area contributed by atoms with Crippen LogP contribution in [0.1, 0.15) is 11.1 Å². The Morgan fingerprint density at radius 3 is 2.48 bits per heavy atom. The fourth-order valence-electron chi connectivity index (χ4n) is 2.56. The van der Waals surface area contributed by atoms with Gasteiger partial charge >= 0.3 is 0 Å². The zero-order valence-electron chi connectivity index (χ0n) is 11.9. The van der Waals surface area contributed by atoms with Crippen LogP contribution in [0.25, 0.3) is 10.8 Å². The lowest BCUT2D eigenvalue weighted by molar-refractivity contribution is 0.644. The summed E-state index contributed by atoms with van der Waals surface area (Å²) in [5, 5.41) is 5.50. The molecule has 2 aromatic carbocycles. The van der Waals surface area contributed by atoms with Crippen LogP contribution in [0.5, 0.6) is 0 Å². The highest BCUT2D eigenvalue weighted by Gasteiger charge is 2.05. The monoisotopic (exact) mass is 277 g/mol. The molecule has 0 unspecified atom stereocenters. The predicted octanol–water partition coefficient (Wildman–Crippen LogP) is 3.15. The van der Waals surface area contributed by atoms with Crippen molar-refractivity contribution in [1.29, 1.82) is 0 Å². The summed E-state index contributed by atoms with van der Waals surface area (Å²) in [6.45, 7) is 2.19. The Hall–Kier alpha value is -2.39. The number of pyridine rings is 1. The second-order valence-corrected chi connectivity index (χ2v) is 5.11. The van der Waals surface area contributed by atoms with E-state index in [1.165, 1.54) is 17.5 Å². The molecule has 3 nitrogen and oxygen atoms in total. The smallest absolute Gasteiger partial charge is 0.131 e. The van der Waals surface area contributed by atoms with E-state index < -0.39 is 0 Å². The zero-order chi connectivity index (χ0) is 14.5. The van der Waals surface area contributed by atoms with Crippen molar-refractivity contribution in [2.24, 2.45) is 0 Å². The van der Waals surface area contributed by atoms with Crippen molar-refractivity contribution >= 4 is 16.6 Å². The standard InChI is InChI=1S/C9H8N2.C9H11N/c10-9-8-4-2-1-3-7(8)5-6-11-9;1-2-4-9-7-10-6-5-8(9)3-1/h1-6H,(H2,10,11);1-4,10H,5-7H2. The molecule has 3 aromatic rings. The third-order valence-corrected chi connectivity index (χ3v) is 3.71. The Morgan fingerprint density at radius 2 is 1.67 bits per heavy atom. The third-order valence-electron chi connectivity index (χ3n) is 3.71. The maximum Gasteiger partial charge on any atom is 0.131 e. The van der Waals surface area contributed by atoms with E-state index in [1.807, 2.05) is 30.3 Å². The van der Waals surface area contributed by atoms with E-state index in [2.05, 4.69) is 34.6 Å². The van der Waals surface area contributed by atoms with Gasteiger partial charge in [-0.2, -0.15) is 0 Å². The van der Waals surface area contributed by atoms with Gasteiger partial charge in [-0.25, -0.2) is 4.98 Å². The lowest BCUT2D eigenvalue weighted by atomic mass is 10.0. The van der Waals surface area contributed by atoms with Crippen molar-refractivity contribution in [1.82, 2.24) is 10.3 Å². The Kier molecular flexibility index (Phi) is 4.12. The summed E-state index contributed by atoms with van der Waals surface area (Å²) < 4.78 is 0.